The molecule has 0 unspecified atom stereocenters. The van der Waals surface area contributed by atoms with Gasteiger partial charge in [-0.2, -0.15) is 0 Å². The molecule has 0 aliphatic carbocycles. The summed E-state index contributed by atoms with van der Waals surface area (Å²) in [5, 5.41) is 6.16. The average molecular weight is 698 g/mol. The molecule has 1 aromatic heterocycles. The molecule has 2 fully saturated rings. The van der Waals surface area contributed by atoms with Crippen LogP contribution in [0, 0.1) is 20.8 Å². The van der Waals surface area contributed by atoms with Crippen LogP contribution in [0.1, 0.15) is 91.7 Å². The lowest BCUT2D eigenvalue weighted by Gasteiger charge is -2.40. The number of carbonyl (C=O) groups excluding carboxylic acids is 3. The van der Waals surface area contributed by atoms with Gasteiger partial charge in [0.1, 0.15) is 5.60 Å². The number of nitrogens with zero attached hydrogens (tertiary/aromatic N) is 2. The lowest BCUT2D eigenvalue weighted by Crippen LogP contribution is -2.48. The highest BCUT2D eigenvalue weighted by molar-refractivity contribution is 6.07. The first-order chi connectivity index (χ1) is 24.2. The topological polar surface area (TPSA) is 133 Å². The number of hydrogen-bond donors (Lipinski definition) is 3. The molecular formula is C40H51N5O6. The van der Waals surface area contributed by atoms with E-state index in [1.165, 1.54) is 0 Å². The maximum absolute atomic E-state index is 14.0. The first-order valence-corrected chi connectivity index (χ1v) is 18.1. The standard InChI is InChI=1S/C40H51N5O6/c1-8-45(29-11-15-44(16-12-29)38(49)51-39(5,6)7)34-22-28(27-9-10-32-33(21-27)43-37(48)40(32)13-17-50-18-14-40)20-30(26(34)4)35(46)41-23-31-24(2)19-25(3)42-36(31)47/h9-10,19-22,29H,8,11-18,23H2,1-7H3,(H,41,46)(H,42,47)(H,43,48). The number of nitrogens with one attached hydrogen (secondary N) is 3. The number of hydrogen-bond acceptors (Lipinski definition) is 7. The average Bonchev–Trinajstić information content (AvgIpc) is 3.34. The maximum Gasteiger partial charge on any atom is 0.410 e. The van der Waals surface area contributed by atoms with Crippen LogP contribution in [0.2, 0.25) is 0 Å². The molecule has 3 N–H and O–H groups in total. The van der Waals surface area contributed by atoms with Gasteiger partial charge < -0.3 is 34.9 Å². The zero-order valence-corrected chi connectivity index (χ0v) is 31.0. The molecule has 6 rings (SSSR count). The molecule has 4 heterocycles. The zero-order chi connectivity index (χ0) is 36.7. The van der Waals surface area contributed by atoms with E-state index in [2.05, 4.69) is 33.5 Å². The van der Waals surface area contributed by atoms with E-state index in [1.807, 2.05) is 71.9 Å². The number of likely N-dealkylation sites (tertiary alicyclic amines) is 1. The molecule has 1 spiro atoms. The molecule has 2 aromatic carbocycles. The van der Waals surface area contributed by atoms with Crippen LogP contribution in [0.4, 0.5) is 16.2 Å². The number of aromatic nitrogens is 1. The molecule has 51 heavy (non-hydrogen) atoms. The molecule has 0 atom stereocenters. The minimum Gasteiger partial charge on any atom is -0.444 e. The number of H-pyrrole nitrogens is 1. The molecule has 0 radical (unpaired) electrons. The van der Waals surface area contributed by atoms with Crippen molar-refractivity contribution in [1.29, 1.82) is 0 Å². The molecule has 11 nitrogen and oxygen atoms in total. The van der Waals surface area contributed by atoms with Gasteiger partial charge in [0, 0.05) is 73.6 Å². The smallest absolute Gasteiger partial charge is 0.410 e. The van der Waals surface area contributed by atoms with E-state index in [-0.39, 0.29) is 36.1 Å². The van der Waals surface area contributed by atoms with Gasteiger partial charge in [0.15, 0.2) is 0 Å². The van der Waals surface area contributed by atoms with Crippen LogP contribution in [-0.2, 0) is 26.2 Å². The van der Waals surface area contributed by atoms with E-state index in [4.69, 9.17) is 9.47 Å². The fourth-order valence-electron chi connectivity index (χ4n) is 7.90. The highest BCUT2D eigenvalue weighted by atomic mass is 16.6. The van der Waals surface area contributed by atoms with Gasteiger partial charge in [-0.3, -0.25) is 14.4 Å². The van der Waals surface area contributed by atoms with Crippen LogP contribution in [0.25, 0.3) is 11.1 Å². The van der Waals surface area contributed by atoms with Crippen molar-refractivity contribution in [2.45, 2.75) is 97.8 Å². The Hall–Kier alpha value is -4.64. The summed E-state index contributed by atoms with van der Waals surface area (Å²) in [6.45, 7) is 16.4. The first-order valence-electron chi connectivity index (χ1n) is 18.1. The Balaban J connectivity index is 1.34. The Labute approximate surface area is 300 Å². The molecule has 2 saturated heterocycles. The number of ether oxygens (including phenoxy) is 2. The maximum atomic E-state index is 14.0. The van der Waals surface area contributed by atoms with Crippen molar-refractivity contribution in [1.82, 2.24) is 15.2 Å². The van der Waals surface area contributed by atoms with E-state index in [9.17, 15) is 19.2 Å². The molecule has 3 aliphatic rings. The van der Waals surface area contributed by atoms with Gasteiger partial charge >= 0.3 is 6.09 Å². The Morgan fingerprint density at radius 3 is 2.37 bits per heavy atom. The van der Waals surface area contributed by atoms with Crippen LogP contribution >= 0.6 is 0 Å². The van der Waals surface area contributed by atoms with Crippen LogP contribution in [-0.4, -0.2) is 72.3 Å². The van der Waals surface area contributed by atoms with E-state index in [0.29, 0.717) is 56.8 Å². The van der Waals surface area contributed by atoms with Crippen molar-refractivity contribution in [3.8, 4) is 11.1 Å². The zero-order valence-electron chi connectivity index (χ0n) is 31.0. The van der Waals surface area contributed by atoms with Gasteiger partial charge in [-0.1, -0.05) is 12.1 Å². The Bertz CT molecular complexity index is 1900. The second-order valence-corrected chi connectivity index (χ2v) is 15.2. The summed E-state index contributed by atoms with van der Waals surface area (Å²) in [7, 11) is 0. The monoisotopic (exact) mass is 697 g/mol. The highest BCUT2D eigenvalue weighted by Crippen LogP contribution is 2.46. The third-order valence-electron chi connectivity index (χ3n) is 10.6. The molecule has 3 amide bonds. The number of aryl methyl sites for hydroxylation is 2. The van der Waals surface area contributed by atoms with Crippen molar-refractivity contribution in [3.05, 3.63) is 80.3 Å². The number of aromatic amines is 1. The fourth-order valence-corrected chi connectivity index (χ4v) is 7.90. The number of amides is 3. The van der Waals surface area contributed by atoms with E-state index in [0.717, 1.165) is 57.7 Å². The third kappa shape index (κ3) is 7.26. The van der Waals surface area contributed by atoms with E-state index < -0.39 is 11.0 Å². The Morgan fingerprint density at radius 1 is 1.02 bits per heavy atom. The first kappa shape index (κ1) is 36.2. The molecule has 0 bridgehead atoms. The number of rotatable bonds is 7. The van der Waals surface area contributed by atoms with Gasteiger partial charge in [-0.15, -0.1) is 0 Å². The molecule has 11 heteroatoms. The highest BCUT2D eigenvalue weighted by Gasteiger charge is 2.47. The minimum atomic E-state index is -0.575. The second-order valence-electron chi connectivity index (χ2n) is 15.2. The fraction of sp³-hybridized carbons (Fsp3) is 0.500. The Morgan fingerprint density at radius 2 is 1.73 bits per heavy atom. The lowest BCUT2D eigenvalue weighted by atomic mass is 9.75. The summed E-state index contributed by atoms with van der Waals surface area (Å²) in [6, 6.07) is 12.2. The molecule has 272 valence electrons. The lowest BCUT2D eigenvalue weighted by molar-refractivity contribution is -0.124. The van der Waals surface area contributed by atoms with Gasteiger partial charge in [-0.05, 0) is 126 Å². The van der Waals surface area contributed by atoms with Gasteiger partial charge in [0.05, 0.1) is 5.41 Å². The third-order valence-corrected chi connectivity index (χ3v) is 10.6. The summed E-state index contributed by atoms with van der Waals surface area (Å²) >= 11 is 0. The van der Waals surface area contributed by atoms with E-state index in [1.54, 1.807) is 4.90 Å². The number of carbonyl (C=O) groups is 3. The number of benzene rings is 2. The molecular weight excluding hydrogens is 646 g/mol. The van der Waals surface area contributed by atoms with Crippen molar-refractivity contribution in [2.75, 3.05) is 43.1 Å². The largest absolute Gasteiger partial charge is 0.444 e. The molecule has 3 aromatic rings. The van der Waals surface area contributed by atoms with Gasteiger partial charge in [0.25, 0.3) is 11.5 Å². The van der Waals surface area contributed by atoms with Gasteiger partial charge in [0.2, 0.25) is 5.91 Å². The normalized spacial score (nSPS) is 17.2. The molecule has 0 saturated carbocycles. The number of pyridine rings is 1. The van der Waals surface area contributed by atoms with Crippen LogP contribution in [0.15, 0.2) is 41.2 Å². The predicted molar refractivity (Wildman–Crippen MR) is 199 cm³/mol. The van der Waals surface area contributed by atoms with Crippen molar-refractivity contribution < 1.29 is 23.9 Å². The number of piperidine rings is 1. The van der Waals surface area contributed by atoms with Crippen molar-refractivity contribution in [3.63, 3.8) is 0 Å². The van der Waals surface area contributed by atoms with Crippen LogP contribution in [0.5, 0.6) is 0 Å². The second kappa shape index (κ2) is 14.2. The summed E-state index contributed by atoms with van der Waals surface area (Å²) in [5.74, 6) is -0.264. The van der Waals surface area contributed by atoms with Crippen molar-refractivity contribution >= 4 is 29.3 Å². The summed E-state index contributed by atoms with van der Waals surface area (Å²) in [6.07, 6.45) is 2.50. The van der Waals surface area contributed by atoms with Crippen LogP contribution < -0.4 is 21.1 Å². The predicted octanol–water partition coefficient (Wildman–Crippen LogP) is 6.12. The summed E-state index contributed by atoms with van der Waals surface area (Å²) in [5.41, 5.74) is 6.56. The SMILES string of the molecule is CCN(c1cc(-c2ccc3c(c2)NC(=O)C32CCOCC2)cc(C(=O)NCc2c(C)cc(C)[nH]c2=O)c1C)C1CCN(C(=O)OC(C)(C)C)CC1. The molecule has 3 aliphatic heterocycles. The van der Waals surface area contributed by atoms with Crippen molar-refractivity contribution in [2.24, 2.45) is 0 Å². The van der Waals surface area contributed by atoms with Crippen LogP contribution in [0.3, 0.4) is 0 Å². The number of anilines is 2. The Kier molecular flexibility index (Phi) is 10.0. The van der Waals surface area contributed by atoms with E-state index >= 15 is 0 Å². The minimum absolute atomic E-state index is 0.0129. The summed E-state index contributed by atoms with van der Waals surface area (Å²) < 4.78 is 11.2. The summed E-state index contributed by atoms with van der Waals surface area (Å²) in [4.78, 5) is 59.9. The van der Waals surface area contributed by atoms with Gasteiger partial charge in [-0.25, -0.2) is 4.79 Å². The quantitative estimate of drug-likeness (QED) is 0.271. The number of fused-ring (bicyclic) bond motifs is 2.